The predicted octanol–water partition coefficient (Wildman–Crippen LogP) is 2.87. The number of hydrogen-bond donors (Lipinski definition) is 1. The molecule has 26 heavy (non-hydrogen) atoms. The van der Waals surface area contributed by atoms with Crippen molar-refractivity contribution < 1.29 is 4.79 Å². The third kappa shape index (κ3) is 4.53. The molecule has 0 spiro atoms. The number of aryl methyl sites for hydroxylation is 2. The maximum absolute atomic E-state index is 12.0. The van der Waals surface area contributed by atoms with Crippen molar-refractivity contribution in [3.8, 4) is 10.6 Å². The fourth-order valence-electron chi connectivity index (χ4n) is 2.39. The van der Waals surface area contributed by atoms with Gasteiger partial charge >= 0.3 is 0 Å². The Kier molecular flexibility index (Phi) is 5.75. The van der Waals surface area contributed by atoms with Crippen molar-refractivity contribution in [3.05, 3.63) is 61.7 Å². The van der Waals surface area contributed by atoms with Crippen molar-refractivity contribution in [1.29, 1.82) is 0 Å². The Morgan fingerprint density at radius 1 is 1.31 bits per heavy atom. The number of thiophene rings is 1. The second-order valence-corrected chi connectivity index (χ2v) is 7.75. The van der Waals surface area contributed by atoms with E-state index in [2.05, 4.69) is 15.4 Å². The van der Waals surface area contributed by atoms with Gasteiger partial charge < -0.3 is 5.32 Å². The number of aromatic nitrogens is 3. The average molecular weight is 387 g/mol. The Morgan fingerprint density at radius 2 is 2.15 bits per heavy atom. The molecule has 0 bridgehead atoms. The van der Waals surface area contributed by atoms with E-state index in [1.165, 1.54) is 16.8 Å². The van der Waals surface area contributed by atoms with Crippen LogP contribution in [0.1, 0.15) is 15.6 Å². The number of carbonyl (C=O) groups excluding carboxylic acids is 1. The van der Waals surface area contributed by atoms with Gasteiger partial charge in [0.15, 0.2) is 0 Å². The van der Waals surface area contributed by atoms with E-state index in [1.807, 2.05) is 31.4 Å². The molecule has 1 N–H and O–H groups in total. The van der Waals surface area contributed by atoms with Crippen molar-refractivity contribution >= 4 is 34.7 Å². The van der Waals surface area contributed by atoms with E-state index in [1.54, 1.807) is 34.8 Å². The van der Waals surface area contributed by atoms with Gasteiger partial charge in [0.1, 0.15) is 5.69 Å². The first kappa shape index (κ1) is 18.2. The number of nitrogens with zero attached hydrogens (tertiary/aromatic N) is 3. The Bertz CT molecular complexity index is 987. The van der Waals surface area contributed by atoms with E-state index in [9.17, 15) is 9.59 Å². The zero-order chi connectivity index (χ0) is 18.5. The molecule has 8 heteroatoms. The monoisotopic (exact) mass is 386 g/mol. The van der Waals surface area contributed by atoms with Crippen LogP contribution in [-0.2, 0) is 11.3 Å². The molecule has 0 saturated carbocycles. The summed E-state index contributed by atoms with van der Waals surface area (Å²) in [6, 6.07) is 7.07. The molecule has 0 aromatic carbocycles. The second kappa shape index (κ2) is 8.20. The van der Waals surface area contributed by atoms with E-state index >= 15 is 0 Å². The molecule has 3 aromatic heterocycles. The summed E-state index contributed by atoms with van der Waals surface area (Å²) in [5, 5.41) is 10.1. The highest BCUT2D eigenvalue weighted by Gasteiger charge is 2.10. The zero-order valence-electron chi connectivity index (χ0n) is 14.4. The minimum Gasteiger partial charge on any atom is -0.351 e. The highest BCUT2D eigenvalue weighted by Crippen LogP contribution is 2.27. The van der Waals surface area contributed by atoms with Crippen LogP contribution in [0.25, 0.3) is 16.6 Å². The van der Waals surface area contributed by atoms with Gasteiger partial charge in [-0.1, -0.05) is 6.07 Å². The summed E-state index contributed by atoms with van der Waals surface area (Å²) in [6.45, 7) is 4.50. The highest BCUT2D eigenvalue weighted by molar-refractivity contribution is 7.15. The summed E-state index contributed by atoms with van der Waals surface area (Å²) in [6.07, 6.45) is 3.25. The van der Waals surface area contributed by atoms with Crippen LogP contribution in [-0.4, -0.2) is 27.2 Å². The highest BCUT2D eigenvalue weighted by atomic mass is 32.1. The number of hydrogen-bond acceptors (Lipinski definition) is 6. The van der Waals surface area contributed by atoms with Gasteiger partial charge in [-0.25, -0.2) is 9.67 Å². The Labute approximate surface area is 158 Å². The van der Waals surface area contributed by atoms with Gasteiger partial charge in [0, 0.05) is 23.6 Å². The third-order valence-corrected chi connectivity index (χ3v) is 5.50. The van der Waals surface area contributed by atoms with Gasteiger partial charge in [-0.3, -0.25) is 9.59 Å². The molecule has 0 saturated heterocycles. The SMILES string of the molecule is Cc1nc(C)c(-c2ccc(=O)n(CCNC(=O)C=Cc3cccs3)n2)s1. The molecule has 1 amide bonds. The first-order chi connectivity index (χ1) is 12.5. The number of rotatable bonds is 6. The van der Waals surface area contributed by atoms with E-state index in [0.717, 1.165) is 26.1 Å². The summed E-state index contributed by atoms with van der Waals surface area (Å²) in [5.74, 6) is -0.198. The fourth-order valence-corrected chi connectivity index (χ4v) is 3.89. The van der Waals surface area contributed by atoms with Crippen LogP contribution in [0.4, 0.5) is 0 Å². The van der Waals surface area contributed by atoms with Crippen LogP contribution in [0.15, 0.2) is 40.5 Å². The molecule has 3 rings (SSSR count). The molecule has 134 valence electrons. The van der Waals surface area contributed by atoms with Gasteiger partial charge in [0.2, 0.25) is 5.91 Å². The largest absolute Gasteiger partial charge is 0.351 e. The van der Waals surface area contributed by atoms with Gasteiger partial charge in [-0.05, 0) is 37.4 Å². The Morgan fingerprint density at radius 3 is 2.85 bits per heavy atom. The molecule has 0 fully saturated rings. The first-order valence-electron chi connectivity index (χ1n) is 8.05. The molecule has 3 heterocycles. The Hall–Kier alpha value is -2.58. The molecule has 3 aromatic rings. The minimum atomic E-state index is -0.198. The van der Waals surface area contributed by atoms with E-state index in [4.69, 9.17) is 0 Å². The van der Waals surface area contributed by atoms with Crippen LogP contribution in [0.3, 0.4) is 0 Å². The van der Waals surface area contributed by atoms with Crippen LogP contribution in [0.5, 0.6) is 0 Å². The fraction of sp³-hybridized carbons (Fsp3) is 0.222. The molecular formula is C18H18N4O2S2. The van der Waals surface area contributed by atoms with Crippen LogP contribution in [0.2, 0.25) is 0 Å². The summed E-state index contributed by atoms with van der Waals surface area (Å²) in [5.41, 5.74) is 1.42. The molecule has 6 nitrogen and oxygen atoms in total. The van der Waals surface area contributed by atoms with Crippen LogP contribution >= 0.6 is 22.7 Å². The van der Waals surface area contributed by atoms with Crippen molar-refractivity contribution in [2.75, 3.05) is 6.54 Å². The third-order valence-electron chi connectivity index (χ3n) is 3.57. The summed E-state index contributed by atoms with van der Waals surface area (Å²) in [7, 11) is 0. The molecule has 0 unspecified atom stereocenters. The number of nitrogens with one attached hydrogen (secondary N) is 1. The van der Waals surface area contributed by atoms with Crippen LogP contribution in [0, 0.1) is 13.8 Å². The van der Waals surface area contributed by atoms with E-state index in [0.29, 0.717) is 13.1 Å². The van der Waals surface area contributed by atoms with Crippen molar-refractivity contribution in [1.82, 2.24) is 20.1 Å². The number of thiazole rings is 1. The predicted molar refractivity (Wildman–Crippen MR) is 105 cm³/mol. The lowest BCUT2D eigenvalue weighted by Crippen LogP contribution is -2.31. The lowest BCUT2D eigenvalue weighted by molar-refractivity contribution is -0.116. The molecule has 0 radical (unpaired) electrons. The summed E-state index contributed by atoms with van der Waals surface area (Å²) < 4.78 is 1.37. The quantitative estimate of drug-likeness (QED) is 0.661. The maximum atomic E-state index is 12.0. The maximum Gasteiger partial charge on any atom is 0.266 e. The lowest BCUT2D eigenvalue weighted by Gasteiger charge is -2.07. The standard InChI is InChI=1S/C18H18N4O2S2/c1-12-18(26-13(2)20-12)15-6-8-17(24)22(21-15)10-9-19-16(23)7-5-14-4-3-11-25-14/h3-8,11H,9-10H2,1-2H3,(H,19,23). The molecule has 0 aliphatic heterocycles. The first-order valence-corrected chi connectivity index (χ1v) is 9.74. The molecular weight excluding hydrogens is 368 g/mol. The van der Waals surface area contributed by atoms with Crippen molar-refractivity contribution in [3.63, 3.8) is 0 Å². The number of carbonyl (C=O) groups is 1. The van der Waals surface area contributed by atoms with Gasteiger partial charge in [-0.2, -0.15) is 5.10 Å². The lowest BCUT2D eigenvalue weighted by atomic mass is 10.3. The van der Waals surface area contributed by atoms with Gasteiger partial charge in [0.05, 0.1) is 22.1 Å². The molecule has 0 atom stereocenters. The zero-order valence-corrected chi connectivity index (χ0v) is 16.1. The molecule has 0 aliphatic rings. The van der Waals surface area contributed by atoms with Gasteiger partial charge in [0.25, 0.3) is 5.56 Å². The normalized spacial score (nSPS) is 11.2. The summed E-state index contributed by atoms with van der Waals surface area (Å²) in [4.78, 5) is 30.2. The minimum absolute atomic E-state index is 0.198. The topological polar surface area (TPSA) is 76.9 Å². The van der Waals surface area contributed by atoms with E-state index in [-0.39, 0.29) is 11.5 Å². The second-order valence-electron chi connectivity index (χ2n) is 5.57. The van der Waals surface area contributed by atoms with Crippen molar-refractivity contribution in [2.24, 2.45) is 0 Å². The Balaban J connectivity index is 1.63. The van der Waals surface area contributed by atoms with E-state index < -0.39 is 0 Å². The number of amides is 1. The average Bonchev–Trinajstić information content (AvgIpc) is 3.24. The summed E-state index contributed by atoms with van der Waals surface area (Å²) >= 11 is 3.11. The van der Waals surface area contributed by atoms with Gasteiger partial charge in [-0.15, -0.1) is 22.7 Å². The van der Waals surface area contributed by atoms with Crippen LogP contribution < -0.4 is 10.9 Å². The van der Waals surface area contributed by atoms with Crippen molar-refractivity contribution in [2.45, 2.75) is 20.4 Å². The smallest absolute Gasteiger partial charge is 0.266 e. The molecule has 0 aliphatic carbocycles.